The largest absolute Gasteiger partial charge is 1.00 e. The van der Waals surface area contributed by atoms with Crippen molar-refractivity contribution in [3.8, 4) is 0 Å². The zero-order chi connectivity index (χ0) is 10.4. The summed E-state index contributed by atoms with van der Waals surface area (Å²) in [6, 6.07) is 3.74. The second-order valence-electron chi connectivity index (χ2n) is 3.54. The van der Waals surface area contributed by atoms with Crippen molar-refractivity contribution in [3.63, 3.8) is 0 Å². The number of quaternary nitrogens is 1. The molecular formula is C10H17ClN2OS. The van der Waals surface area contributed by atoms with Gasteiger partial charge in [-0.15, -0.1) is 11.3 Å². The third-order valence-electron chi connectivity index (χ3n) is 1.88. The first-order valence-electron chi connectivity index (χ1n) is 4.81. The van der Waals surface area contributed by atoms with Gasteiger partial charge in [0.1, 0.15) is 0 Å². The molecule has 0 atom stereocenters. The number of nitrogens with one attached hydrogen (secondary N) is 2. The number of hydrogen-bond donors (Lipinski definition) is 2. The van der Waals surface area contributed by atoms with Crippen LogP contribution in [0.5, 0.6) is 0 Å². The van der Waals surface area contributed by atoms with Crippen LogP contribution in [-0.4, -0.2) is 33.1 Å². The summed E-state index contributed by atoms with van der Waals surface area (Å²) in [5.74, 6) is 0.0498. The van der Waals surface area contributed by atoms with Crippen molar-refractivity contribution in [1.82, 2.24) is 5.32 Å². The highest BCUT2D eigenvalue weighted by molar-refractivity contribution is 7.12. The SMILES string of the molecule is C[NH+](C)CCCNC(=O)c1cccs1.[Cl-]. The molecule has 86 valence electrons. The first kappa shape index (κ1) is 14.4. The van der Waals surface area contributed by atoms with Crippen LogP contribution in [0, 0.1) is 0 Å². The standard InChI is InChI=1S/C10H16N2OS.ClH/c1-12(2)7-4-6-11-10(13)9-5-3-8-14-9;/h3,5,8H,4,6-7H2,1-2H3,(H,11,13);1H. The third-order valence-corrected chi connectivity index (χ3v) is 2.75. The zero-order valence-corrected chi connectivity index (χ0v) is 10.6. The summed E-state index contributed by atoms with van der Waals surface area (Å²) in [6.45, 7) is 1.85. The van der Waals surface area contributed by atoms with Gasteiger partial charge in [-0.1, -0.05) is 6.07 Å². The summed E-state index contributed by atoms with van der Waals surface area (Å²) in [7, 11) is 4.22. The molecule has 2 N–H and O–H groups in total. The number of hydrogen-bond acceptors (Lipinski definition) is 2. The minimum absolute atomic E-state index is 0. The minimum atomic E-state index is 0. The van der Waals surface area contributed by atoms with Crippen molar-refractivity contribution in [2.24, 2.45) is 0 Å². The predicted octanol–water partition coefficient (Wildman–Crippen LogP) is -2.98. The summed E-state index contributed by atoms with van der Waals surface area (Å²) in [5.41, 5.74) is 0. The fourth-order valence-corrected chi connectivity index (χ4v) is 1.78. The molecule has 0 aliphatic heterocycles. The molecule has 0 fully saturated rings. The molecule has 0 aliphatic rings. The zero-order valence-electron chi connectivity index (χ0n) is 9.05. The average Bonchev–Trinajstić information content (AvgIpc) is 2.64. The Hall–Kier alpha value is -0.580. The normalized spacial score (nSPS) is 9.80. The number of carbonyl (C=O) groups is 1. The highest BCUT2D eigenvalue weighted by atomic mass is 35.5. The van der Waals surface area contributed by atoms with E-state index in [0.717, 1.165) is 24.4 Å². The Morgan fingerprint density at radius 2 is 2.27 bits per heavy atom. The van der Waals surface area contributed by atoms with Crippen LogP contribution in [0.2, 0.25) is 0 Å². The van der Waals surface area contributed by atoms with E-state index in [0.29, 0.717) is 0 Å². The number of amides is 1. The minimum Gasteiger partial charge on any atom is -1.00 e. The van der Waals surface area contributed by atoms with E-state index in [1.807, 2.05) is 17.5 Å². The van der Waals surface area contributed by atoms with Gasteiger partial charge in [0, 0.05) is 13.0 Å². The lowest BCUT2D eigenvalue weighted by Gasteiger charge is -2.07. The maximum absolute atomic E-state index is 11.4. The summed E-state index contributed by atoms with van der Waals surface area (Å²) in [5, 5.41) is 4.81. The monoisotopic (exact) mass is 248 g/mol. The topological polar surface area (TPSA) is 33.5 Å². The molecule has 1 aromatic heterocycles. The van der Waals surface area contributed by atoms with E-state index >= 15 is 0 Å². The van der Waals surface area contributed by atoms with Crippen molar-refractivity contribution in [2.75, 3.05) is 27.2 Å². The summed E-state index contributed by atoms with van der Waals surface area (Å²) >= 11 is 1.48. The molecule has 3 nitrogen and oxygen atoms in total. The molecule has 0 aromatic carbocycles. The second-order valence-corrected chi connectivity index (χ2v) is 4.49. The molecule has 1 heterocycles. The van der Waals surface area contributed by atoms with Crippen LogP contribution < -0.4 is 22.6 Å². The Morgan fingerprint density at radius 3 is 2.80 bits per heavy atom. The average molecular weight is 249 g/mol. The van der Waals surface area contributed by atoms with Gasteiger partial charge in [0.25, 0.3) is 5.91 Å². The van der Waals surface area contributed by atoms with Gasteiger partial charge in [-0.25, -0.2) is 0 Å². The molecule has 0 bridgehead atoms. The smallest absolute Gasteiger partial charge is 0.261 e. The third kappa shape index (κ3) is 5.77. The summed E-state index contributed by atoms with van der Waals surface area (Å²) in [6.07, 6.45) is 1.03. The van der Waals surface area contributed by atoms with Gasteiger partial charge in [-0.2, -0.15) is 0 Å². The Kier molecular flexibility index (Phi) is 7.38. The van der Waals surface area contributed by atoms with Crippen molar-refractivity contribution in [3.05, 3.63) is 22.4 Å². The van der Waals surface area contributed by atoms with E-state index in [4.69, 9.17) is 0 Å². The van der Waals surface area contributed by atoms with Crippen LogP contribution in [0.15, 0.2) is 17.5 Å². The lowest BCUT2D eigenvalue weighted by molar-refractivity contribution is -0.858. The summed E-state index contributed by atoms with van der Waals surface area (Å²) < 4.78 is 0. The molecule has 0 saturated carbocycles. The van der Waals surface area contributed by atoms with Gasteiger partial charge < -0.3 is 22.6 Å². The van der Waals surface area contributed by atoms with Crippen LogP contribution in [0.25, 0.3) is 0 Å². The van der Waals surface area contributed by atoms with E-state index < -0.39 is 0 Å². The fourth-order valence-electron chi connectivity index (χ4n) is 1.14. The van der Waals surface area contributed by atoms with Crippen LogP contribution in [0.4, 0.5) is 0 Å². The quantitative estimate of drug-likeness (QED) is 0.536. The molecule has 1 rings (SSSR count). The van der Waals surface area contributed by atoms with Crippen LogP contribution in [-0.2, 0) is 0 Å². The molecule has 1 aromatic rings. The molecule has 15 heavy (non-hydrogen) atoms. The Balaban J connectivity index is 0.00000196. The molecule has 0 saturated heterocycles. The van der Waals surface area contributed by atoms with Gasteiger partial charge in [0.05, 0.1) is 25.5 Å². The molecule has 5 heteroatoms. The molecule has 0 aliphatic carbocycles. The van der Waals surface area contributed by atoms with E-state index in [9.17, 15) is 4.79 Å². The highest BCUT2D eigenvalue weighted by Crippen LogP contribution is 2.07. The number of thiophene rings is 1. The molecule has 0 radical (unpaired) electrons. The number of halogens is 1. The highest BCUT2D eigenvalue weighted by Gasteiger charge is 2.04. The van der Waals surface area contributed by atoms with Gasteiger partial charge in [-0.3, -0.25) is 4.79 Å². The van der Waals surface area contributed by atoms with Crippen LogP contribution in [0.3, 0.4) is 0 Å². The fraction of sp³-hybridized carbons (Fsp3) is 0.500. The second kappa shape index (κ2) is 7.68. The maximum atomic E-state index is 11.4. The first-order valence-corrected chi connectivity index (χ1v) is 5.69. The Bertz CT molecular complexity index is 275. The van der Waals surface area contributed by atoms with Crippen LogP contribution in [0.1, 0.15) is 16.1 Å². The number of rotatable bonds is 5. The molecule has 1 amide bonds. The lowest BCUT2D eigenvalue weighted by Crippen LogP contribution is -3.05. The van der Waals surface area contributed by atoms with E-state index in [2.05, 4.69) is 19.4 Å². The van der Waals surface area contributed by atoms with Gasteiger partial charge in [0.2, 0.25) is 0 Å². The van der Waals surface area contributed by atoms with E-state index in [1.54, 1.807) is 0 Å². The predicted molar refractivity (Wildman–Crippen MR) is 58.9 cm³/mol. The van der Waals surface area contributed by atoms with Gasteiger partial charge in [-0.05, 0) is 11.4 Å². The number of carbonyl (C=O) groups excluding carboxylic acids is 1. The van der Waals surface area contributed by atoms with Crippen LogP contribution >= 0.6 is 11.3 Å². The molecular weight excluding hydrogens is 232 g/mol. The molecule has 0 unspecified atom stereocenters. The lowest BCUT2D eigenvalue weighted by atomic mass is 10.4. The summed E-state index contributed by atoms with van der Waals surface area (Å²) in [4.78, 5) is 13.6. The van der Waals surface area contributed by atoms with Gasteiger partial charge in [0.15, 0.2) is 0 Å². The molecule has 0 spiro atoms. The van der Waals surface area contributed by atoms with Gasteiger partial charge >= 0.3 is 0 Å². The van der Waals surface area contributed by atoms with Crippen molar-refractivity contribution in [1.29, 1.82) is 0 Å². The van der Waals surface area contributed by atoms with E-state index in [1.165, 1.54) is 16.2 Å². The first-order chi connectivity index (χ1) is 6.70. The maximum Gasteiger partial charge on any atom is 0.261 e. The Morgan fingerprint density at radius 1 is 1.53 bits per heavy atom. The van der Waals surface area contributed by atoms with Crippen molar-refractivity contribution in [2.45, 2.75) is 6.42 Å². The van der Waals surface area contributed by atoms with Crippen molar-refractivity contribution >= 4 is 17.2 Å². The van der Waals surface area contributed by atoms with Crippen molar-refractivity contribution < 1.29 is 22.1 Å². The Labute approximate surface area is 101 Å². The van der Waals surface area contributed by atoms with E-state index in [-0.39, 0.29) is 18.3 Å².